The molecule has 0 bridgehead atoms. The van der Waals surface area contributed by atoms with Gasteiger partial charge >= 0.3 is 6.18 Å². The summed E-state index contributed by atoms with van der Waals surface area (Å²) in [5.41, 5.74) is 4.09. The van der Waals surface area contributed by atoms with Crippen molar-refractivity contribution in [2.24, 2.45) is 7.05 Å². The first-order chi connectivity index (χ1) is 18.9. The Bertz CT molecular complexity index is 1790. The van der Waals surface area contributed by atoms with E-state index in [1.165, 1.54) is 6.07 Å². The maximum absolute atomic E-state index is 13.9. The van der Waals surface area contributed by atoms with Crippen molar-refractivity contribution in [1.82, 2.24) is 14.8 Å². The molecule has 2 heterocycles. The van der Waals surface area contributed by atoms with E-state index in [-0.39, 0.29) is 5.52 Å². The van der Waals surface area contributed by atoms with Crippen molar-refractivity contribution in [3.05, 3.63) is 126 Å². The Morgan fingerprint density at radius 2 is 1.62 bits per heavy atom. The number of aromatic nitrogens is 3. The van der Waals surface area contributed by atoms with Crippen LogP contribution in [0.5, 0.6) is 5.75 Å². The Balaban J connectivity index is 1.44. The van der Waals surface area contributed by atoms with Crippen LogP contribution in [-0.2, 0) is 26.3 Å². The SMILES string of the molecule is Cn1ccc2cccc(COc3cccc(-c4c(Cc5ccccc5)nnc5c(C(F)(F)F)cccc45)c3)c21. The van der Waals surface area contributed by atoms with Crippen LogP contribution in [0.2, 0.25) is 0 Å². The normalized spacial score (nSPS) is 11.8. The molecule has 0 aliphatic rings. The van der Waals surface area contributed by atoms with Gasteiger partial charge in [-0.05, 0) is 40.8 Å². The number of hydrogen-bond donors (Lipinski definition) is 0. The number of benzene rings is 4. The zero-order valence-corrected chi connectivity index (χ0v) is 21.1. The maximum atomic E-state index is 13.9. The molecule has 0 aliphatic carbocycles. The van der Waals surface area contributed by atoms with Crippen molar-refractivity contribution in [3.63, 3.8) is 0 Å². The number of hydrogen-bond acceptors (Lipinski definition) is 3. The number of nitrogens with zero attached hydrogens (tertiary/aromatic N) is 3. The average Bonchev–Trinajstić information content (AvgIpc) is 3.33. The lowest BCUT2D eigenvalue weighted by Crippen LogP contribution is -2.09. The number of alkyl halides is 3. The smallest absolute Gasteiger partial charge is 0.418 e. The lowest BCUT2D eigenvalue weighted by atomic mass is 9.94. The van der Waals surface area contributed by atoms with Crippen molar-refractivity contribution in [3.8, 4) is 16.9 Å². The van der Waals surface area contributed by atoms with Crippen molar-refractivity contribution in [2.45, 2.75) is 19.2 Å². The van der Waals surface area contributed by atoms with Crippen LogP contribution in [0.3, 0.4) is 0 Å². The van der Waals surface area contributed by atoms with Gasteiger partial charge in [0.15, 0.2) is 0 Å². The summed E-state index contributed by atoms with van der Waals surface area (Å²) in [6.07, 6.45) is -2.11. The highest BCUT2D eigenvalue weighted by Gasteiger charge is 2.34. The second-order valence-electron chi connectivity index (χ2n) is 9.48. The molecule has 6 aromatic rings. The summed E-state index contributed by atoms with van der Waals surface area (Å²) in [7, 11) is 2.00. The van der Waals surface area contributed by atoms with Gasteiger partial charge in [0.1, 0.15) is 17.9 Å². The predicted molar refractivity (Wildman–Crippen MR) is 146 cm³/mol. The van der Waals surface area contributed by atoms with Gasteiger partial charge in [-0.3, -0.25) is 0 Å². The topological polar surface area (TPSA) is 39.9 Å². The Labute approximate surface area is 223 Å². The number of rotatable bonds is 6. The summed E-state index contributed by atoms with van der Waals surface area (Å²) in [5, 5.41) is 9.91. The number of aryl methyl sites for hydroxylation is 1. The van der Waals surface area contributed by atoms with E-state index in [1.807, 2.05) is 80.0 Å². The third-order valence-corrected chi connectivity index (χ3v) is 6.88. The fourth-order valence-electron chi connectivity index (χ4n) is 5.09. The molecule has 0 spiro atoms. The van der Waals surface area contributed by atoms with Crippen LogP contribution in [0.15, 0.2) is 103 Å². The minimum absolute atomic E-state index is 0.168. The van der Waals surface area contributed by atoms with Gasteiger partial charge in [0, 0.05) is 36.2 Å². The standard InChI is InChI=1S/C32H24F3N3O/c1-38-17-16-22-10-5-12-24(31(22)38)20-39-25-13-6-11-23(19-25)29-26-14-7-15-27(32(33,34)35)30(26)37-36-28(29)18-21-8-3-2-4-9-21/h2-17,19H,18,20H2,1H3. The fraction of sp³-hybridized carbons (Fsp3) is 0.125. The van der Waals surface area contributed by atoms with Gasteiger partial charge in [-0.15, -0.1) is 5.10 Å². The Morgan fingerprint density at radius 1 is 0.821 bits per heavy atom. The van der Waals surface area contributed by atoms with Gasteiger partial charge in [0.2, 0.25) is 0 Å². The molecule has 0 atom stereocenters. The maximum Gasteiger partial charge on any atom is 0.418 e. The van der Waals surface area contributed by atoms with E-state index in [0.29, 0.717) is 35.4 Å². The highest BCUT2D eigenvalue weighted by Crippen LogP contribution is 2.39. The largest absolute Gasteiger partial charge is 0.489 e. The van der Waals surface area contributed by atoms with E-state index in [2.05, 4.69) is 26.9 Å². The van der Waals surface area contributed by atoms with E-state index < -0.39 is 11.7 Å². The molecular formula is C32H24F3N3O. The van der Waals surface area contributed by atoms with Crippen molar-refractivity contribution < 1.29 is 17.9 Å². The first-order valence-electron chi connectivity index (χ1n) is 12.5. The first kappa shape index (κ1) is 24.7. The zero-order chi connectivity index (χ0) is 27.0. The second-order valence-corrected chi connectivity index (χ2v) is 9.48. The molecule has 4 aromatic carbocycles. The summed E-state index contributed by atoms with van der Waals surface area (Å²) in [6.45, 7) is 0.350. The molecule has 6 rings (SSSR count). The minimum Gasteiger partial charge on any atom is -0.489 e. The third-order valence-electron chi connectivity index (χ3n) is 6.88. The zero-order valence-electron chi connectivity index (χ0n) is 21.1. The molecule has 2 aromatic heterocycles. The van der Waals surface area contributed by atoms with Crippen LogP contribution < -0.4 is 4.74 Å². The van der Waals surface area contributed by atoms with Gasteiger partial charge in [-0.25, -0.2) is 0 Å². The lowest BCUT2D eigenvalue weighted by Gasteiger charge is -2.16. The summed E-state index contributed by atoms with van der Waals surface area (Å²) in [5.74, 6) is 0.612. The summed E-state index contributed by atoms with van der Waals surface area (Å²) in [6, 6.07) is 29.4. The quantitative estimate of drug-likeness (QED) is 0.222. The molecule has 0 fully saturated rings. The second kappa shape index (κ2) is 9.91. The molecule has 0 radical (unpaired) electrons. The number of fused-ring (bicyclic) bond motifs is 2. The lowest BCUT2D eigenvalue weighted by molar-refractivity contribution is -0.136. The van der Waals surface area contributed by atoms with E-state index in [1.54, 1.807) is 6.07 Å². The van der Waals surface area contributed by atoms with Gasteiger partial charge in [0.05, 0.1) is 16.8 Å². The summed E-state index contributed by atoms with van der Waals surface area (Å²) in [4.78, 5) is 0. The van der Waals surface area contributed by atoms with E-state index >= 15 is 0 Å². The molecule has 0 amide bonds. The predicted octanol–water partition coefficient (Wildman–Crippen LogP) is 7.98. The van der Waals surface area contributed by atoms with Crippen LogP contribution >= 0.6 is 0 Å². The third kappa shape index (κ3) is 4.83. The van der Waals surface area contributed by atoms with Crippen LogP contribution in [-0.4, -0.2) is 14.8 Å². The van der Waals surface area contributed by atoms with E-state index in [4.69, 9.17) is 4.74 Å². The van der Waals surface area contributed by atoms with Gasteiger partial charge in [-0.1, -0.05) is 72.8 Å². The van der Waals surface area contributed by atoms with Crippen molar-refractivity contribution in [2.75, 3.05) is 0 Å². The van der Waals surface area contributed by atoms with Gasteiger partial charge < -0.3 is 9.30 Å². The number of ether oxygens (including phenoxy) is 1. The van der Waals surface area contributed by atoms with Crippen molar-refractivity contribution >= 4 is 21.8 Å². The van der Waals surface area contributed by atoms with Crippen LogP contribution in [0.4, 0.5) is 13.2 Å². The average molecular weight is 524 g/mol. The molecular weight excluding hydrogens is 499 g/mol. The molecule has 0 N–H and O–H groups in total. The Morgan fingerprint density at radius 3 is 2.44 bits per heavy atom. The molecule has 0 aliphatic heterocycles. The number of para-hydroxylation sites is 1. The first-order valence-corrected chi connectivity index (χ1v) is 12.5. The van der Waals surface area contributed by atoms with Crippen LogP contribution in [0.1, 0.15) is 22.4 Å². The van der Waals surface area contributed by atoms with Crippen LogP contribution in [0.25, 0.3) is 32.9 Å². The molecule has 0 saturated carbocycles. The Hall–Kier alpha value is -4.65. The highest BCUT2D eigenvalue weighted by molar-refractivity contribution is 5.97. The summed E-state index contributed by atoms with van der Waals surface area (Å²) < 4.78 is 49.8. The molecule has 7 heteroatoms. The molecule has 0 saturated heterocycles. The molecule has 39 heavy (non-hydrogen) atoms. The number of halogens is 3. The molecule has 0 unspecified atom stereocenters. The van der Waals surface area contributed by atoms with Crippen LogP contribution in [0, 0.1) is 0 Å². The Kier molecular flexibility index (Phi) is 6.27. The minimum atomic E-state index is -4.55. The highest BCUT2D eigenvalue weighted by atomic mass is 19.4. The van der Waals surface area contributed by atoms with Gasteiger partial charge in [-0.2, -0.15) is 18.3 Å². The summed E-state index contributed by atoms with van der Waals surface area (Å²) >= 11 is 0. The molecule has 194 valence electrons. The monoisotopic (exact) mass is 523 g/mol. The van der Waals surface area contributed by atoms with Gasteiger partial charge in [0.25, 0.3) is 0 Å². The van der Waals surface area contributed by atoms with Crippen molar-refractivity contribution in [1.29, 1.82) is 0 Å². The van der Waals surface area contributed by atoms with E-state index in [0.717, 1.165) is 33.7 Å². The van der Waals surface area contributed by atoms with E-state index in [9.17, 15) is 13.2 Å². The fourth-order valence-corrected chi connectivity index (χ4v) is 5.09. The molecule has 4 nitrogen and oxygen atoms in total.